The van der Waals surface area contributed by atoms with E-state index in [0.29, 0.717) is 5.69 Å². The largest absolute Gasteiger partial charge is 0.481 e. The van der Waals surface area contributed by atoms with Crippen molar-refractivity contribution in [2.24, 2.45) is 23.7 Å². The van der Waals surface area contributed by atoms with E-state index in [1.807, 2.05) is 0 Å². The second kappa shape index (κ2) is 4.89. The summed E-state index contributed by atoms with van der Waals surface area (Å²) in [4.78, 5) is 23.7. The van der Waals surface area contributed by atoms with Crippen molar-refractivity contribution >= 4 is 17.6 Å². The fourth-order valence-electron chi connectivity index (χ4n) is 3.78. The third-order valence-corrected chi connectivity index (χ3v) is 4.62. The first-order valence-corrected chi connectivity index (χ1v) is 6.85. The molecule has 1 amide bonds. The molecule has 2 aliphatic rings. The van der Waals surface area contributed by atoms with Crippen LogP contribution in [0.5, 0.6) is 0 Å². The maximum atomic E-state index is 12.8. The first kappa shape index (κ1) is 13.1. The fraction of sp³-hybridized carbons (Fsp3) is 0.467. The summed E-state index contributed by atoms with van der Waals surface area (Å²) in [5.74, 6) is -2.24. The molecule has 0 radical (unpaired) electrons. The molecule has 3 rings (SSSR count). The number of carboxylic acid groups (broad SMARTS) is 1. The van der Waals surface area contributed by atoms with Crippen molar-refractivity contribution < 1.29 is 19.1 Å². The van der Waals surface area contributed by atoms with Crippen LogP contribution in [0.1, 0.15) is 19.3 Å². The summed E-state index contributed by atoms with van der Waals surface area (Å²) in [6, 6.07) is 5.50. The van der Waals surface area contributed by atoms with Gasteiger partial charge in [-0.25, -0.2) is 4.39 Å². The van der Waals surface area contributed by atoms with Gasteiger partial charge in [-0.3, -0.25) is 9.59 Å². The molecule has 1 aromatic carbocycles. The van der Waals surface area contributed by atoms with Gasteiger partial charge in [-0.05, 0) is 55.4 Å². The van der Waals surface area contributed by atoms with E-state index in [4.69, 9.17) is 0 Å². The number of carbonyl (C=O) groups excluding carboxylic acids is 1. The molecule has 4 atom stereocenters. The van der Waals surface area contributed by atoms with Gasteiger partial charge in [0.1, 0.15) is 5.82 Å². The molecule has 2 saturated carbocycles. The van der Waals surface area contributed by atoms with Crippen LogP contribution in [-0.4, -0.2) is 17.0 Å². The molecule has 106 valence electrons. The number of hydrogen-bond donors (Lipinski definition) is 2. The predicted octanol–water partition coefficient (Wildman–Crippen LogP) is 2.51. The standard InChI is InChI=1S/C15H16FNO3/c16-10-3-5-11(6-4-10)17-14(18)12-8-1-2-9(7-8)13(12)15(19)20/h3-6,8-9,12-13H,1-2,7H2,(H,17,18)(H,19,20)/t8-,9-,12-,13-/m0/s1. The van der Waals surface area contributed by atoms with Crippen LogP contribution < -0.4 is 5.32 Å². The lowest BCUT2D eigenvalue weighted by Crippen LogP contribution is -2.37. The molecule has 0 aliphatic heterocycles. The molecule has 1 aromatic rings. The van der Waals surface area contributed by atoms with Gasteiger partial charge in [0.15, 0.2) is 0 Å². The Labute approximate surface area is 116 Å². The Hall–Kier alpha value is -1.91. The van der Waals surface area contributed by atoms with Gasteiger partial charge in [0, 0.05) is 5.69 Å². The Morgan fingerprint density at radius 2 is 1.70 bits per heavy atom. The van der Waals surface area contributed by atoms with Crippen LogP contribution in [0.4, 0.5) is 10.1 Å². The van der Waals surface area contributed by atoms with Gasteiger partial charge in [0.25, 0.3) is 0 Å². The molecular formula is C15H16FNO3. The highest BCUT2D eigenvalue weighted by molar-refractivity contribution is 5.95. The first-order valence-electron chi connectivity index (χ1n) is 6.85. The van der Waals surface area contributed by atoms with E-state index < -0.39 is 17.8 Å². The number of amides is 1. The molecule has 0 spiro atoms. The number of carboxylic acids is 1. The molecule has 2 bridgehead atoms. The molecule has 0 aromatic heterocycles. The number of rotatable bonds is 3. The molecule has 2 fully saturated rings. The molecule has 5 heteroatoms. The Morgan fingerprint density at radius 3 is 2.30 bits per heavy atom. The summed E-state index contributed by atoms with van der Waals surface area (Å²) in [5, 5.41) is 12.0. The molecule has 0 unspecified atom stereocenters. The Balaban J connectivity index is 1.76. The number of hydrogen-bond acceptors (Lipinski definition) is 2. The van der Waals surface area contributed by atoms with Crippen LogP contribution in [-0.2, 0) is 9.59 Å². The van der Waals surface area contributed by atoms with Gasteiger partial charge in [-0.2, -0.15) is 0 Å². The minimum Gasteiger partial charge on any atom is -0.481 e. The maximum absolute atomic E-state index is 12.8. The number of fused-ring (bicyclic) bond motifs is 2. The van der Waals surface area contributed by atoms with Crippen LogP contribution >= 0.6 is 0 Å². The normalized spacial score (nSPS) is 31.2. The highest BCUT2D eigenvalue weighted by atomic mass is 19.1. The number of nitrogens with one attached hydrogen (secondary N) is 1. The van der Waals surface area contributed by atoms with Crippen LogP contribution in [0.25, 0.3) is 0 Å². The topological polar surface area (TPSA) is 66.4 Å². The van der Waals surface area contributed by atoms with Crippen molar-refractivity contribution in [2.45, 2.75) is 19.3 Å². The average Bonchev–Trinajstić information content (AvgIpc) is 3.01. The Morgan fingerprint density at radius 1 is 1.10 bits per heavy atom. The van der Waals surface area contributed by atoms with Crippen molar-refractivity contribution in [3.63, 3.8) is 0 Å². The van der Waals surface area contributed by atoms with Crippen molar-refractivity contribution in [2.75, 3.05) is 5.32 Å². The second-order valence-corrected chi connectivity index (χ2v) is 5.72. The molecule has 20 heavy (non-hydrogen) atoms. The second-order valence-electron chi connectivity index (χ2n) is 5.72. The Bertz CT molecular complexity index is 543. The zero-order chi connectivity index (χ0) is 14.3. The van der Waals surface area contributed by atoms with Gasteiger partial charge >= 0.3 is 5.97 Å². The van der Waals surface area contributed by atoms with E-state index in [-0.39, 0.29) is 23.6 Å². The monoisotopic (exact) mass is 277 g/mol. The SMILES string of the molecule is O=C(O)[C@H]1[C@H]2CC[C@@H](C2)[C@@H]1C(=O)Nc1ccc(F)cc1. The highest BCUT2D eigenvalue weighted by Gasteiger charge is 2.53. The smallest absolute Gasteiger partial charge is 0.307 e. The maximum Gasteiger partial charge on any atom is 0.307 e. The van der Waals surface area contributed by atoms with E-state index in [1.165, 1.54) is 24.3 Å². The van der Waals surface area contributed by atoms with Crippen molar-refractivity contribution in [3.05, 3.63) is 30.1 Å². The van der Waals surface area contributed by atoms with Crippen molar-refractivity contribution in [1.82, 2.24) is 0 Å². The number of carbonyl (C=O) groups is 2. The highest BCUT2D eigenvalue weighted by Crippen LogP contribution is 2.52. The predicted molar refractivity (Wildman–Crippen MR) is 70.5 cm³/mol. The Kier molecular flexibility index (Phi) is 3.20. The van der Waals surface area contributed by atoms with Crippen molar-refractivity contribution in [3.8, 4) is 0 Å². The zero-order valence-electron chi connectivity index (χ0n) is 10.9. The molecular weight excluding hydrogens is 261 g/mol. The first-order chi connectivity index (χ1) is 9.56. The summed E-state index contributed by atoms with van der Waals surface area (Å²) in [7, 11) is 0. The molecule has 0 heterocycles. The molecule has 4 nitrogen and oxygen atoms in total. The van der Waals surface area contributed by atoms with Gasteiger partial charge in [-0.15, -0.1) is 0 Å². The van der Waals surface area contributed by atoms with E-state index in [9.17, 15) is 19.1 Å². The summed E-state index contributed by atoms with van der Waals surface area (Å²) < 4.78 is 12.8. The lowest BCUT2D eigenvalue weighted by atomic mass is 9.78. The van der Waals surface area contributed by atoms with Crippen LogP contribution in [0.3, 0.4) is 0 Å². The molecule has 2 N–H and O–H groups in total. The summed E-state index contributed by atoms with van der Waals surface area (Å²) in [5.41, 5.74) is 0.503. The lowest BCUT2D eigenvalue weighted by Gasteiger charge is -2.27. The summed E-state index contributed by atoms with van der Waals surface area (Å²) in [6.07, 6.45) is 2.66. The van der Waals surface area contributed by atoms with E-state index in [0.717, 1.165) is 19.3 Å². The number of benzene rings is 1. The minimum atomic E-state index is -0.878. The van der Waals surface area contributed by atoms with Crippen LogP contribution in [0, 0.1) is 29.5 Å². The number of aliphatic carboxylic acids is 1. The third kappa shape index (κ3) is 2.17. The minimum absolute atomic E-state index is 0.126. The molecule has 0 saturated heterocycles. The quantitative estimate of drug-likeness (QED) is 0.892. The molecule has 2 aliphatic carbocycles. The van der Waals surface area contributed by atoms with E-state index in [1.54, 1.807) is 0 Å². The van der Waals surface area contributed by atoms with Gasteiger partial charge in [0.2, 0.25) is 5.91 Å². The number of anilines is 1. The van der Waals surface area contributed by atoms with Gasteiger partial charge < -0.3 is 10.4 Å². The van der Waals surface area contributed by atoms with Crippen LogP contribution in [0.15, 0.2) is 24.3 Å². The van der Waals surface area contributed by atoms with Crippen LogP contribution in [0.2, 0.25) is 0 Å². The lowest BCUT2D eigenvalue weighted by molar-refractivity contribution is -0.148. The number of halogens is 1. The fourth-order valence-corrected chi connectivity index (χ4v) is 3.78. The summed E-state index contributed by atoms with van der Waals surface area (Å²) >= 11 is 0. The van der Waals surface area contributed by atoms with E-state index >= 15 is 0 Å². The van der Waals surface area contributed by atoms with E-state index in [2.05, 4.69) is 5.32 Å². The third-order valence-electron chi connectivity index (χ3n) is 4.62. The zero-order valence-corrected chi connectivity index (χ0v) is 10.9. The van der Waals surface area contributed by atoms with Gasteiger partial charge in [0.05, 0.1) is 11.8 Å². The summed E-state index contributed by atoms with van der Waals surface area (Å²) in [6.45, 7) is 0. The average molecular weight is 277 g/mol. The van der Waals surface area contributed by atoms with Crippen molar-refractivity contribution in [1.29, 1.82) is 0 Å². The van der Waals surface area contributed by atoms with Gasteiger partial charge in [-0.1, -0.05) is 0 Å².